The van der Waals surface area contributed by atoms with Gasteiger partial charge in [-0.15, -0.1) is 0 Å². The van der Waals surface area contributed by atoms with Gasteiger partial charge in [0.15, 0.2) is 9.84 Å². The Balaban J connectivity index is 1.87. The summed E-state index contributed by atoms with van der Waals surface area (Å²) in [5, 5.41) is 3.43. The molecule has 15 heavy (non-hydrogen) atoms. The van der Waals surface area contributed by atoms with Crippen LogP contribution in [0.4, 0.5) is 0 Å². The van der Waals surface area contributed by atoms with E-state index in [1.54, 1.807) is 7.11 Å². The van der Waals surface area contributed by atoms with Gasteiger partial charge in [0.05, 0.1) is 17.6 Å². The van der Waals surface area contributed by atoms with E-state index in [9.17, 15) is 8.42 Å². The smallest absolute Gasteiger partial charge is 0.151 e. The second kappa shape index (κ2) is 4.39. The Labute approximate surface area is 91.3 Å². The van der Waals surface area contributed by atoms with E-state index >= 15 is 0 Å². The number of hydrogen-bond acceptors (Lipinski definition) is 4. The molecule has 0 aromatic carbocycles. The summed E-state index contributed by atoms with van der Waals surface area (Å²) in [5.74, 6) is 0.648. The minimum Gasteiger partial charge on any atom is -0.380 e. The number of ether oxygens (including phenoxy) is 1. The number of sulfone groups is 1. The first-order chi connectivity index (χ1) is 7.11. The van der Waals surface area contributed by atoms with Crippen molar-refractivity contribution in [1.29, 1.82) is 0 Å². The molecular weight excluding hydrogens is 214 g/mol. The first-order valence-corrected chi connectivity index (χ1v) is 7.42. The van der Waals surface area contributed by atoms with Crippen LogP contribution in [0.2, 0.25) is 0 Å². The van der Waals surface area contributed by atoms with E-state index in [0.717, 1.165) is 19.3 Å². The molecule has 1 saturated heterocycles. The lowest BCUT2D eigenvalue weighted by Crippen LogP contribution is -2.43. The van der Waals surface area contributed by atoms with Gasteiger partial charge in [0.25, 0.3) is 0 Å². The predicted octanol–water partition coefficient (Wildman–Crippen LogP) is 0.331. The molecule has 1 N–H and O–H groups in total. The highest BCUT2D eigenvalue weighted by Crippen LogP contribution is 2.23. The van der Waals surface area contributed by atoms with E-state index in [1.165, 1.54) is 6.42 Å². The zero-order chi connectivity index (χ0) is 10.9. The zero-order valence-corrected chi connectivity index (χ0v) is 9.92. The summed E-state index contributed by atoms with van der Waals surface area (Å²) in [4.78, 5) is 0. The molecule has 3 atom stereocenters. The fraction of sp³-hybridized carbons (Fsp3) is 1.00. The fourth-order valence-corrected chi connectivity index (χ4v) is 4.31. The van der Waals surface area contributed by atoms with Crippen molar-refractivity contribution in [1.82, 2.24) is 5.32 Å². The Kier molecular flexibility index (Phi) is 3.33. The average Bonchev–Trinajstić information content (AvgIpc) is 2.73. The lowest BCUT2D eigenvalue weighted by molar-refractivity contribution is 0.0822. The van der Waals surface area contributed by atoms with E-state index in [0.29, 0.717) is 17.5 Å². The first-order valence-electron chi connectivity index (χ1n) is 5.60. The first kappa shape index (κ1) is 11.4. The summed E-state index contributed by atoms with van der Waals surface area (Å²) in [5.41, 5.74) is 0. The summed E-state index contributed by atoms with van der Waals surface area (Å²) < 4.78 is 28.0. The largest absolute Gasteiger partial charge is 0.380 e. The molecule has 0 spiro atoms. The third kappa shape index (κ3) is 2.71. The summed E-state index contributed by atoms with van der Waals surface area (Å²) in [7, 11) is -1.03. The number of hydrogen-bond donors (Lipinski definition) is 1. The monoisotopic (exact) mass is 233 g/mol. The molecule has 0 aromatic heterocycles. The normalized spacial score (nSPS) is 39.7. The minimum absolute atomic E-state index is 0.149. The van der Waals surface area contributed by atoms with Crippen molar-refractivity contribution in [2.75, 3.05) is 18.6 Å². The van der Waals surface area contributed by atoms with Gasteiger partial charge in [-0.3, -0.25) is 0 Å². The molecule has 0 bridgehead atoms. The Morgan fingerprint density at radius 2 is 2.07 bits per heavy atom. The Bertz CT molecular complexity index is 315. The second-order valence-electron chi connectivity index (χ2n) is 4.58. The number of nitrogens with one attached hydrogen (secondary N) is 1. The standard InChI is InChI=1S/C10H19NO3S/c1-14-10-4-2-3-9(10)11-8-5-6-15(12,13)7-8/h8-11H,2-7H2,1H3. The Hall–Kier alpha value is -0.130. The highest BCUT2D eigenvalue weighted by molar-refractivity contribution is 7.91. The van der Waals surface area contributed by atoms with Crippen LogP contribution in [0.5, 0.6) is 0 Å². The summed E-state index contributed by atoms with van der Waals surface area (Å²) in [6, 6.07) is 0.504. The fourth-order valence-electron chi connectivity index (χ4n) is 2.63. The molecule has 2 aliphatic rings. The van der Waals surface area contributed by atoms with Crippen molar-refractivity contribution in [2.24, 2.45) is 0 Å². The van der Waals surface area contributed by atoms with Gasteiger partial charge < -0.3 is 10.1 Å². The molecule has 1 heterocycles. The molecule has 1 aliphatic carbocycles. The van der Waals surface area contributed by atoms with Crippen molar-refractivity contribution in [2.45, 2.75) is 43.9 Å². The molecule has 4 nitrogen and oxygen atoms in total. The molecule has 3 unspecified atom stereocenters. The van der Waals surface area contributed by atoms with Gasteiger partial charge in [-0.2, -0.15) is 0 Å². The van der Waals surface area contributed by atoms with Crippen LogP contribution < -0.4 is 5.32 Å². The van der Waals surface area contributed by atoms with Gasteiger partial charge in [-0.25, -0.2) is 8.42 Å². The Morgan fingerprint density at radius 3 is 2.67 bits per heavy atom. The van der Waals surface area contributed by atoms with Crippen LogP contribution in [-0.4, -0.2) is 45.2 Å². The van der Waals surface area contributed by atoms with Crippen molar-refractivity contribution >= 4 is 9.84 Å². The number of rotatable bonds is 3. The quantitative estimate of drug-likeness (QED) is 0.763. The molecule has 5 heteroatoms. The number of methoxy groups -OCH3 is 1. The third-order valence-electron chi connectivity index (χ3n) is 3.44. The van der Waals surface area contributed by atoms with Gasteiger partial charge in [0.1, 0.15) is 0 Å². The van der Waals surface area contributed by atoms with Gasteiger partial charge in [0.2, 0.25) is 0 Å². The summed E-state index contributed by atoms with van der Waals surface area (Å²) >= 11 is 0. The molecule has 1 aliphatic heterocycles. The molecule has 1 saturated carbocycles. The third-order valence-corrected chi connectivity index (χ3v) is 5.21. The maximum Gasteiger partial charge on any atom is 0.151 e. The summed E-state index contributed by atoms with van der Waals surface area (Å²) in [6.07, 6.45) is 4.40. The Morgan fingerprint density at radius 1 is 1.27 bits per heavy atom. The lowest BCUT2D eigenvalue weighted by atomic mass is 10.1. The van der Waals surface area contributed by atoms with Gasteiger partial charge in [-0.1, -0.05) is 0 Å². The molecule has 0 aromatic rings. The van der Waals surface area contributed by atoms with E-state index in [-0.39, 0.29) is 12.1 Å². The molecule has 88 valence electrons. The van der Waals surface area contributed by atoms with Crippen molar-refractivity contribution in [3.63, 3.8) is 0 Å². The molecule has 2 fully saturated rings. The summed E-state index contributed by atoms with van der Waals surface area (Å²) in [6.45, 7) is 0. The lowest BCUT2D eigenvalue weighted by Gasteiger charge is -2.23. The SMILES string of the molecule is COC1CCCC1NC1CCS(=O)(=O)C1. The maximum atomic E-state index is 11.3. The van der Waals surface area contributed by atoms with Crippen LogP contribution >= 0.6 is 0 Å². The van der Waals surface area contributed by atoms with E-state index in [1.807, 2.05) is 0 Å². The van der Waals surface area contributed by atoms with Crippen LogP contribution in [-0.2, 0) is 14.6 Å². The average molecular weight is 233 g/mol. The van der Waals surface area contributed by atoms with Gasteiger partial charge in [-0.05, 0) is 25.7 Å². The predicted molar refractivity (Wildman–Crippen MR) is 58.6 cm³/mol. The van der Waals surface area contributed by atoms with Gasteiger partial charge in [0, 0.05) is 19.2 Å². The molecule has 0 amide bonds. The van der Waals surface area contributed by atoms with Gasteiger partial charge >= 0.3 is 0 Å². The van der Waals surface area contributed by atoms with Crippen LogP contribution in [0.3, 0.4) is 0 Å². The van der Waals surface area contributed by atoms with E-state index in [4.69, 9.17) is 4.74 Å². The van der Waals surface area contributed by atoms with Crippen molar-refractivity contribution in [3.8, 4) is 0 Å². The highest BCUT2D eigenvalue weighted by atomic mass is 32.2. The molecular formula is C10H19NO3S. The van der Waals surface area contributed by atoms with E-state index in [2.05, 4.69) is 5.32 Å². The topological polar surface area (TPSA) is 55.4 Å². The van der Waals surface area contributed by atoms with E-state index < -0.39 is 9.84 Å². The van der Waals surface area contributed by atoms with Crippen LogP contribution in [0.25, 0.3) is 0 Å². The highest BCUT2D eigenvalue weighted by Gasteiger charge is 2.33. The van der Waals surface area contributed by atoms with Crippen molar-refractivity contribution in [3.05, 3.63) is 0 Å². The second-order valence-corrected chi connectivity index (χ2v) is 6.81. The molecule has 0 radical (unpaired) electrons. The molecule has 2 rings (SSSR count). The van der Waals surface area contributed by atoms with Crippen LogP contribution in [0.1, 0.15) is 25.7 Å². The van der Waals surface area contributed by atoms with Crippen molar-refractivity contribution < 1.29 is 13.2 Å². The van der Waals surface area contributed by atoms with Crippen LogP contribution in [0, 0.1) is 0 Å². The minimum atomic E-state index is -2.76. The maximum absolute atomic E-state index is 11.3. The van der Waals surface area contributed by atoms with Crippen LogP contribution in [0.15, 0.2) is 0 Å². The zero-order valence-electron chi connectivity index (χ0n) is 9.11.